The van der Waals surface area contributed by atoms with Crippen LogP contribution in [0.5, 0.6) is 5.75 Å². The van der Waals surface area contributed by atoms with Gasteiger partial charge in [0.15, 0.2) is 6.61 Å². The highest BCUT2D eigenvalue weighted by molar-refractivity contribution is 6.31. The summed E-state index contributed by atoms with van der Waals surface area (Å²) >= 11 is 6.44. The monoisotopic (exact) mass is 492 g/mol. The lowest BCUT2D eigenvalue weighted by Crippen LogP contribution is -2.51. The maximum Gasteiger partial charge on any atom is 0.261 e. The zero-order valence-corrected chi connectivity index (χ0v) is 21.3. The van der Waals surface area contributed by atoms with Crippen LogP contribution < -0.4 is 10.1 Å². The number of amides is 2. The van der Waals surface area contributed by atoms with Crippen LogP contribution in [-0.4, -0.2) is 35.9 Å². The Labute approximate surface area is 213 Å². The van der Waals surface area contributed by atoms with Crippen LogP contribution in [0.1, 0.15) is 35.6 Å². The lowest BCUT2D eigenvalue weighted by atomic mass is 10.0. The molecule has 3 aromatic rings. The number of carbonyl (C=O) groups excluding carboxylic acids is 2. The van der Waals surface area contributed by atoms with E-state index < -0.39 is 6.04 Å². The van der Waals surface area contributed by atoms with E-state index in [9.17, 15) is 9.59 Å². The number of aryl methyl sites for hydroxylation is 2. The first-order valence-electron chi connectivity index (χ1n) is 11.9. The summed E-state index contributed by atoms with van der Waals surface area (Å²) in [5.74, 6) is 0.178. The number of ether oxygens (including phenoxy) is 1. The molecule has 2 amide bonds. The Balaban J connectivity index is 1.91. The Kier molecular flexibility index (Phi) is 9.74. The van der Waals surface area contributed by atoms with E-state index in [-0.39, 0.29) is 25.0 Å². The van der Waals surface area contributed by atoms with E-state index in [2.05, 4.69) is 5.32 Å². The fraction of sp³-hybridized carbons (Fsp3) is 0.310. The molecule has 0 aliphatic carbocycles. The van der Waals surface area contributed by atoms with Crippen LogP contribution in [0.25, 0.3) is 0 Å². The average molecular weight is 493 g/mol. The highest BCUT2D eigenvalue weighted by atomic mass is 35.5. The molecule has 5 nitrogen and oxygen atoms in total. The van der Waals surface area contributed by atoms with Crippen molar-refractivity contribution in [3.05, 3.63) is 100 Å². The van der Waals surface area contributed by atoms with E-state index in [1.807, 2.05) is 87.5 Å². The molecule has 0 aromatic heterocycles. The van der Waals surface area contributed by atoms with Crippen LogP contribution in [0.3, 0.4) is 0 Å². The number of rotatable bonds is 11. The summed E-state index contributed by atoms with van der Waals surface area (Å²) in [5, 5.41) is 3.52. The summed E-state index contributed by atoms with van der Waals surface area (Å²) in [4.78, 5) is 28.5. The molecule has 0 saturated heterocycles. The fourth-order valence-corrected chi connectivity index (χ4v) is 4.11. The Bertz CT molecular complexity index is 1130. The first kappa shape index (κ1) is 26.3. The number of nitrogens with zero attached hydrogens (tertiary/aromatic N) is 1. The summed E-state index contributed by atoms with van der Waals surface area (Å²) < 4.78 is 5.91. The predicted octanol–water partition coefficient (Wildman–Crippen LogP) is 5.50. The van der Waals surface area contributed by atoms with Crippen LogP contribution in [-0.2, 0) is 22.6 Å². The molecular formula is C29H33ClN2O3. The smallest absolute Gasteiger partial charge is 0.261 e. The summed E-state index contributed by atoms with van der Waals surface area (Å²) in [6.45, 7) is 6.52. The number of hydrogen-bond donors (Lipinski definition) is 1. The molecule has 0 saturated carbocycles. The lowest BCUT2D eigenvalue weighted by molar-refractivity contribution is -0.142. The second-order valence-corrected chi connectivity index (χ2v) is 9.07. The summed E-state index contributed by atoms with van der Waals surface area (Å²) in [6, 6.07) is 22.2. The molecule has 1 N–H and O–H groups in total. The number of hydrogen-bond acceptors (Lipinski definition) is 3. The van der Waals surface area contributed by atoms with Gasteiger partial charge in [-0.1, -0.05) is 84.8 Å². The second-order valence-electron chi connectivity index (χ2n) is 8.67. The largest absolute Gasteiger partial charge is 0.483 e. The van der Waals surface area contributed by atoms with E-state index in [1.54, 1.807) is 11.0 Å². The maximum atomic E-state index is 13.6. The van der Waals surface area contributed by atoms with Crippen molar-refractivity contribution in [1.29, 1.82) is 0 Å². The van der Waals surface area contributed by atoms with Gasteiger partial charge in [0.25, 0.3) is 5.91 Å². The van der Waals surface area contributed by atoms with Crippen LogP contribution in [0.4, 0.5) is 0 Å². The van der Waals surface area contributed by atoms with E-state index in [1.165, 1.54) is 0 Å². The number of benzene rings is 3. The van der Waals surface area contributed by atoms with Gasteiger partial charge >= 0.3 is 0 Å². The number of nitrogens with one attached hydrogen (secondary N) is 1. The van der Waals surface area contributed by atoms with Crippen molar-refractivity contribution in [3.63, 3.8) is 0 Å². The molecule has 3 aromatic carbocycles. The van der Waals surface area contributed by atoms with E-state index in [0.29, 0.717) is 23.7 Å². The standard InChI is InChI=1S/C29H33ClN2O3/c1-4-16-31-29(34)26(18-23-10-6-5-7-11-23)32(19-24-12-8-9-13-25(24)30)28(33)20-35-27-15-14-21(2)17-22(27)3/h5-15,17,26H,4,16,18-20H2,1-3H3,(H,31,34). The summed E-state index contributed by atoms with van der Waals surface area (Å²) in [7, 11) is 0. The second kappa shape index (κ2) is 13.0. The molecular weight excluding hydrogens is 460 g/mol. The highest BCUT2D eigenvalue weighted by Gasteiger charge is 2.31. The Hall–Kier alpha value is -3.31. The first-order valence-corrected chi connectivity index (χ1v) is 12.3. The summed E-state index contributed by atoms with van der Waals surface area (Å²) in [5.41, 5.74) is 3.82. The fourth-order valence-electron chi connectivity index (χ4n) is 3.91. The van der Waals surface area contributed by atoms with E-state index in [4.69, 9.17) is 16.3 Å². The molecule has 0 aliphatic heterocycles. The Morgan fingerprint density at radius 2 is 1.71 bits per heavy atom. The van der Waals surface area contributed by atoms with Crippen molar-refractivity contribution in [2.75, 3.05) is 13.2 Å². The predicted molar refractivity (Wildman–Crippen MR) is 141 cm³/mol. The Morgan fingerprint density at radius 3 is 2.40 bits per heavy atom. The van der Waals surface area contributed by atoms with Crippen molar-refractivity contribution >= 4 is 23.4 Å². The number of carbonyl (C=O) groups is 2. The van der Waals surface area contributed by atoms with Gasteiger partial charge in [-0.05, 0) is 49.1 Å². The molecule has 0 spiro atoms. The van der Waals surface area contributed by atoms with Crippen molar-refractivity contribution in [3.8, 4) is 5.75 Å². The molecule has 1 atom stereocenters. The van der Waals surface area contributed by atoms with Gasteiger partial charge < -0.3 is 15.0 Å². The van der Waals surface area contributed by atoms with Gasteiger partial charge in [0.2, 0.25) is 5.91 Å². The molecule has 0 heterocycles. The topological polar surface area (TPSA) is 58.6 Å². The van der Waals surface area contributed by atoms with Gasteiger partial charge in [-0.3, -0.25) is 9.59 Å². The molecule has 0 fully saturated rings. The number of halogens is 1. The zero-order valence-electron chi connectivity index (χ0n) is 20.6. The van der Waals surface area contributed by atoms with Gasteiger partial charge in [0, 0.05) is 24.5 Å². The molecule has 3 rings (SSSR count). The first-order chi connectivity index (χ1) is 16.9. The van der Waals surface area contributed by atoms with Gasteiger partial charge in [-0.15, -0.1) is 0 Å². The van der Waals surface area contributed by atoms with E-state index in [0.717, 1.165) is 28.7 Å². The van der Waals surface area contributed by atoms with Gasteiger partial charge in [0.05, 0.1) is 0 Å². The van der Waals surface area contributed by atoms with Crippen molar-refractivity contribution in [2.45, 2.75) is 46.2 Å². The minimum absolute atomic E-state index is 0.180. The van der Waals surface area contributed by atoms with Gasteiger partial charge in [-0.2, -0.15) is 0 Å². The molecule has 0 bridgehead atoms. The molecule has 0 aliphatic rings. The van der Waals surface area contributed by atoms with Crippen molar-refractivity contribution in [2.24, 2.45) is 0 Å². The van der Waals surface area contributed by atoms with Crippen LogP contribution in [0, 0.1) is 13.8 Å². The van der Waals surface area contributed by atoms with Crippen LogP contribution in [0.15, 0.2) is 72.8 Å². The van der Waals surface area contributed by atoms with Crippen LogP contribution in [0.2, 0.25) is 5.02 Å². The quantitative estimate of drug-likeness (QED) is 0.384. The van der Waals surface area contributed by atoms with E-state index >= 15 is 0 Å². The van der Waals surface area contributed by atoms with Gasteiger partial charge in [0.1, 0.15) is 11.8 Å². The molecule has 35 heavy (non-hydrogen) atoms. The third-order valence-electron chi connectivity index (χ3n) is 5.80. The van der Waals surface area contributed by atoms with Gasteiger partial charge in [-0.25, -0.2) is 0 Å². The molecule has 0 radical (unpaired) electrons. The zero-order chi connectivity index (χ0) is 25.2. The molecule has 184 valence electrons. The third-order valence-corrected chi connectivity index (χ3v) is 6.17. The molecule has 1 unspecified atom stereocenters. The summed E-state index contributed by atoms with van der Waals surface area (Å²) in [6.07, 6.45) is 1.19. The highest BCUT2D eigenvalue weighted by Crippen LogP contribution is 2.22. The average Bonchev–Trinajstić information content (AvgIpc) is 2.85. The van der Waals surface area contributed by atoms with Crippen molar-refractivity contribution < 1.29 is 14.3 Å². The lowest BCUT2D eigenvalue weighted by Gasteiger charge is -2.31. The molecule has 6 heteroatoms. The SMILES string of the molecule is CCCNC(=O)C(Cc1ccccc1)N(Cc1ccccc1Cl)C(=O)COc1ccc(C)cc1C. The minimum atomic E-state index is -0.713. The van der Waals surface area contributed by atoms with Crippen molar-refractivity contribution in [1.82, 2.24) is 10.2 Å². The Morgan fingerprint density at radius 1 is 1.00 bits per heavy atom. The minimum Gasteiger partial charge on any atom is -0.483 e. The third kappa shape index (κ3) is 7.59. The maximum absolute atomic E-state index is 13.6. The van der Waals surface area contributed by atoms with Crippen LogP contribution >= 0.6 is 11.6 Å². The normalized spacial score (nSPS) is 11.5.